The lowest BCUT2D eigenvalue weighted by Gasteiger charge is -2.33. The Kier molecular flexibility index (Phi) is 3.81. The lowest BCUT2D eigenvalue weighted by atomic mass is 9.76. The predicted octanol–water partition coefficient (Wildman–Crippen LogP) is 3.81. The molecule has 0 radical (unpaired) electrons. The molecule has 0 amide bonds. The van der Waals surface area contributed by atoms with E-state index in [0.29, 0.717) is 5.41 Å². The van der Waals surface area contributed by atoms with Gasteiger partial charge >= 0.3 is 0 Å². The number of rotatable bonds is 4. The maximum Gasteiger partial charge on any atom is 0.0299 e. The van der Waals surface area contributed by atoms with Gasteiger partial charge in [-0.1, -0.05) is 32.3 Å². The molecule has 0 unspecified atom stereocenters. The van der Waals surface area contributed by atoms with E-state index in [1.54, 1.807) is 0 Å². The van der Waals surface area contributed by atoms with Gasteiger partial charge in [0.1, 0.15) is 0 Å². The summed E-state index contributed by atoms with van der Waals surface area (Å²) in [6.07, 6.45) is 7.11. The quantitative estimate of drug-likeness (QED) is 0.818. The van der Waals surface area contributed by atoms with Crippen LogP contribution in [0.5, 0.6) is 0 Å². The van der Waals surface area contributed by atoms with Crippen LogP contribution in [-0.4, -0.2) is 6.54 Å². The highest BCUT2D eigenvalue weighted by Gasteiger charge is 2.25. The van der Waals surface area contributed by atoms with Gasteiger partial charge in [-0.25, -0.2) is 0 Å². The Bertz CT molecular complexity index is 273. The first-order valence-electron chi connectivity index (χ1n) is 6.02. The van der Waals surface area contributed by atoms with Crippen LogP contribution in [0.25, 0.3) is 0 Å². The van der Waals surface area contributed by atoms with E-state index < -0.39 is 0 Å². The molecule has 1 saturated carbocycles. The molecular weight excluding hydrogens is 202 g/mol. The maximum absolute atomic E-state index is 3.61. The van der Waals surface area contributed by atoms with Gasteiger partial charge in [-0.3, -0.25) is 0 Å². The second-order valence-electron chi connectivity index (χ2n) is 5.05. The van der Waals surface area contributed by atoms with Crippen LogP contribution < -0.4 is 5.32 Å². The van der Waals surface area contributed by atoms with E-state index in [0.717, 1.165) is 6.54 Å². The topological polar surface area (TPSA) is 12.0 Å². The molecule has 0 aromatic carbocycles. The molecule has 0 saturated heterocycles. The van der Waals surface area contributed by atoms with Crippen molar-refractivity contribution in [3.05, 3.63) is 22.4 Å². The minimum atomic E-state index is 0.565. The second kappa shape index (κ2) is 5.13. The minimum absolute atomic E-state index is 0.565. The lowest BCUT2D eigenvalue weighted by molar-refractivity contribution is 0.208. The number of nitrogens with one attached hydrogen (secondary N) is 1. The van der Waals surface area contributed by atoms with Gasteiger partial charge in [0.15, 0.2) is 0 Å². The second-order valence-corrected chi connectivity index (χ2v) is 6.09. The molecule has 0 spiro atoms. The van der Waals surface area contributed by atoms with Gasteiger partial charge in [0.2, 0.25) is 0 Å². The zero-order valence-electron chi connectivity index (χ0n) is 9.59. The molecule has 1 aliphatic rings. The van der Waals surface area contributed by atoms with Crippen LogP contribution in [0, 0.1) is 5.41 Å². The molecule has 2 heteroatoms. The van der Waals surface area contributed by atoms with Crippen molar-refractivity contribution in [2.24, 2.45) is 5.41 Å². The van der Waals surface area contributed by atoms with Crippen LogP contribution in [0.4, 0.5) is 0 Å². The standard InChI is InChI=1S/C13H21NS/c1-13(7-3-2-4-8-13)11-14-10-12-6-5-9-15-12/h5-6,9,14H,2-4,7-8,10-11H2,1H3. The number of thiophene rings is 1. The third kappa shape index (κ3) is 3.32. The van der Waals surface area contributed by atoms with Gasteiger partial charge in [0.05, 0.1) is 0 Å². The molecule has 1 fully saturated rings. The van der Waals surface area contributed by atoms with Crippen molar-refractivity contribution >= 4 is 11.3 Å². The predicted molar refractivity (Wildman–Crippen MR) is 67.2 cm³/mol. The summed E-state index contributed by atoms with van der Waals surface area (Å²) in [6.45, 7) is 4.67. The van der Waals surface area contributed by atoms with Gasteiger partial charge in [-0.2, -0.15) is 0 Å². The summed E-state index contributed by atoms with van der Waals surface area (Å²) >= 11 is 1.85. The Labute approximate surface area is 96.9 Å². The van der Waals surface area contributed by atoms with Crippen LogP contribution in [0.3, 0.4) is 0 Å². The molecule has 1 aromatic heterocycles. The highest BCUT2D eigenvalue weighted by Crippen LogP contribution is 2.34. The van der Waals surface area contributed by atoms with E-state index in [1.807, 2.05) is 11.3 Å². The smallest absolute Gasteiger partial charge is 0.0299 e. The molecule has 84 valence electrons. The molecule has 1 nitrogen and oxygen atoms in total. The van der Waals surface area contributed by atoms with E-state index in [4.69, 9.17) is 0 Å². The fraction of sp³-hybridized carbons (Fsp3) is 0.692. The SMILES string of the molecule is CC1(CNCc2cccs2)CCCCC1. The van der Waals surface area contributed by atoms with Crippen LogP contribution in [0.2, 0.25) is 0 Å². The highest BCUT2D eigenvalue weighted by molar-refractivity contribution is 7.09. The fourth-order valence-corrected chi connectivity index (χ4v) is 3.16. The first kappa shape index (κ1) is 11.2. The van der Waals surface area contributed by atoms with Crippen LogP contribution in [0.15, 0.2) is 17.5 Å². The molecule has 0 bridgehead atoms. The average Bonchev–Trinajstić information content (AvgIpc) is 2.71. The van der Waals surface area contributed by atoms with Crippen LogP contribution in [-0.2, 0) is 6.54 Å². The average molecular weight is 223 g/mol. The number of hydrogen-bond donors (Lipinski definition) is 1. The van der Waals surface area contributed by atoms with E-state index >= 15 is 0 Å². The van der Waals surface area contributed by atoms with Crippen molar-refractivity contribution in [3.63, 3.8) is 0 Å². The molecule has 1 N–H and O–H groups in total. The van der Waals surface area contributed by atoms with Crippen molar-refractivity contribution in [2.45, 2.75) is 45.6 Å². The van der Waals surface area contributed by atoms with Crippen molar-refractivity contribution < 1.29 is 0 Å². The van der Waals surface area contributed by atoms with Gasteiger partial charge in [0, 0.05) is 18.0 Å². The Morgan fingerprint density at radius 2 is 2.13 bits per heavy atom. The maximum atomic E-state index is 3.61. The van der Waals surface area contributed by atoms with Crippen molar-refractivity contribution in [1.82, 2.24) is 5.32 Å². The fourth-order valence-electron chi connectivity index (χ4n) is 2.48. The summed E-state index contributed by atoms with van der Waals surface area (Å²) in [7, 11) is 0. The first-order valence-corrected chi connectivity index (χ1v) is 6.90. The third-order valence-electron chi connectivity index (χ3n) is 3.49. The summed E-state index contributed by atoms with van der Waals surface area (Å²) in [5, 5.41) is 5.76. The number of hydrogen-bond acceptors (Lipinski definition) is 2. The zero-order valence-corrected chi connectivity index (χ0v) is 10.4. The molecule has 0 aliphatic heterocycles. The lowest BCUT2D eigenvalue weighted by Crippen LogP contribution is -2.33. The van der Waals surface area contributed by atoms with E-state index in [-0.39, 0.29) is 0 Å². The first-order chi connectivity index (χ1) is 7.29. The summed E-state index contributed by atoms with van der Waals surface area (Å²) in [5.74, 6) is 0. The van der Waals surface area contributed by atoms with E-state index in [1.165, 1.54) is 43.5 Å². The van der Waals surface area contributed by atoms with Gasteiger partial charge < -0.3 is 5.32 Å². The molecule has 1 heterocycles. The normalized spacial score (nSPS) is 20.3. The minimum Gasteiger partial charge on any atom is -0.311 e. The molecule has 0 atom stereocenters. The van der Waals surface area contributed by atoms with Crippen LogP contribution >= 0.6 is 11.3 Å². The Morgan fingerprint density at radius 3 is 2.80 bits per heavy atom. The van der Waals surface area contributed by atoms with Gasteiger partial charge in [0.25, 0.3) is 0 Å². The summed E-state index contributed by atoms with van der Waals surface area (Å²) in [5.41, 5.74) is 0.565. The van der Waals surface area contributed by atoms with Crippen molar-refractivity contribution in [3.8, 4) is 0 Å². The molecular formula is C13H21NS. The summed E-state index contributed by atoms with van der Waals surface area (Å²) < 4.78 is 0. The van der Waals surface area contributed by atoms with Crippen molar-refractivity contribution in [2.75, 3.05) is 6.54 Å². The van der Waals surface area contributed by atoms with E-state index in [9.17, 15) is 0 Å². The monoisotopic (exact) mass is 223 g/mol. The highest BCUT2D eigenvalue weighted by atomic mass is 32.1. The summed E-state index contributed by atoms with van der Waals surface area (Å²) in [4.78, 5) is 1.45. The molecule has 1 aromatic rings. The van der Waals surface area contributed by atoms with Crippen molar-refractivity contribution in [1.29, 1.82) is 0 Å². The zero-order chi connectivity index (χ0) is 10.6. The summed E-state index contributed by atoms with van der Waals surface area (Å²) in [6, 6.07) is 4.34. The molecule has 15 heavy (non-hydrogen) atoms. The largest absolute Gasteiger partial charge is 0.311 e. The third-order valence-corrected chi connectivity index (χ3v) is 4.37. The van der Waals surface area contributed by atoms with Gasteiger partial charge in [-0.15, -0.1) is 11.3 Å². The molecule has 1 aliphatic carbocycles. The van der Waals surface area contributed by atoms with Gasteiger partial charge in [-0.05, 0) is 29.7 Å². The Hall–Kier alpha value is -0.340. The Morgan fingerprint density at radius 1 is 1.33 bits per heavy atom. The Balaban J connectivity index is 1.72. The molecule has 2 rings (SSSR count). The van der Waals surface area contributed by atoms with Crippen LogP contribution in [0.1, 0.15) is 43.9 Å². The van der Waals surface area contributed by atoms with E-state index in [2.05, 4.69) is 29.8 Å².